The van der Waals surface area contributed by atoms with Gasteiger partial charge >= 0.3 is 6.18 Å². The molecule has 4 heteroatoms. The Bertz CT molecular complexity index is 640. The van der Waals surface area contributed by atoms with Crippen LogP contribution in [0.25, 0.3) is 11.1 Å². The van der Waals surface area contributed by atoms with Crippen molar-refractivity contribution in [2.75, 3.05) is 7.05 Å². The summed E-state index contributed by atoms with van der Waals surface area (Å²) in [5.74, 6) is 0. The smallest absolute Gasteiger partial charge is 0.310 e. The molecule has 1 saturated carbocycles. The van der Waals surface area contributed by atoms with Gasteiger partial charge in [0.15, 0.2) is 0 Å². The van der Waals surface area contributed by atoms with Crippen LogP contribution in [0.15, 0.2) is 48.5 Å². The summed E-state index contributed by atoms with van der Waals surface area (Å²) in [6, 6.07) is 13.3. The summed E-state index contributed by atoms with van der Waals surface area (Å²) < 4.78 is 37.8. The molecule has 0 atom stereocenters. The van der Waals surface area contributed by atoms with E-state index in [2.05, 4.69) is 17.4 Å². The van der Waals surface area contributed by atoms with E-state index in [4.69, 9.17) is 0 Å². The van der Waals surface area contributed by atoms with Crippen molar-refractivity contribution in [2.24, 2.45) is 0 Å². The number of benzene rings is 2. The van der Waals surface area contributed by atoms with Crippen LogP contribution in [-0.4, -0.2) is 7.05 Å². The lowest BCUT2D eigenvalue weighted by molar-refractivity contribution is -0.137. The largest absolute Gasteiger partial charge is 0.416 e. The van der Waals surface area contributed by atoms with Gasteiger partial charge in [0, 0.05) is 5.54 Å². The summed E-state index contributed by atoms with van der Waals surface area (Å²) in [6.07, 6.45) is -2.09. The lowest BCUT2D eigenvalue weighted by atomic mass is 9.97. The summed E-state index contributed by atoms with van der Waals surface area (Å²) >= 11 is 0. The van der Waals surface area contributed by atoms with Gasteiger partial charge in [0.25, 0.3) is 0 Å². The fourth-order valence-electron chi connectivity index (χ4n) is 2.66. The minimum absolute atomic E-state index is 0.0575. The standard InChI is InChI=1S/C17H16F3N/c1-21-16(9-10-16)15-4-2-3-13(11-15)12-5-7-14(8-6-12)17(18,19)20/h2-8,11,21H,9-10H2,1H3. The molecule has 1 aliphatic carbocycles. The molecule has 0 aromatic heterocycles. The van der Waals surface area contributed by atoms with Crippen LogP contribution in [0.4, 0.5) is 13.2 Å². The van der Waals surface area contributed by atoms with E-state index in [1.165, 1.54) is 17.7 Å². The van der Waals surface area contributed by atoms with E-state index in [0.717, 1.165) is 36.1 Å². The van der Waals surface area contributed by atoms with E-state index in [1.807, 2.05) is 19.2 Å². The Morgan fingerprint density at radius 1 is 0.952 bits per heavy atom. The lowest BCUT2D eigenvalue weighted by Gasteiger charge is -2.16. The van der Waals surface area contributed by atoms with Crippen LogP contribution >= 0.6 is 0 Å². The third-order valence-corrected chi connectivity index (χ3v) is 4.19. The van der Waals surface area contributed by atoms with Crippen molar-refractivity contribution in [3.63, 3.8) is 0 Å². The van der Waals surface area contributed by atoms with Gasteiger partial charge in [-0.3, -0.25) is 0 Å². The molecule has 1 N–H and O–H groups in total. The first-order valence-electron chi connectivity index (χ1n) is 6.92. The van der Waals surface area contributed by atoms with Crippen molar-refractivity contribution in [3.05, 3.63) is 59.7 Å². The van der Waals surface area contributed by atoms with E-state index >= 15 is 0 Å². The highest BCUT2D eigenvalue weighted by Crippen LogP contribution is 2.45. The monoisotopic (exact) mass is 291 g/mol. The van der Waals surface area contributed by atoms with Crippen molar-refractivity contribution < 1.29 is 13.2 Å². The molecule has 0 bridgehead atoms. The van der Waals surface area contributed by atoms with Gasteiger partial charge in [-0.15, -0.1) is 0 Å². The first-order valence-corrected chi connectivity index (χ1v) is 6.92. The van der Waals surface area contributed by atoms with Crippen molar-refractivity contribution in [1.29, 1.82) is 0 Å². The highest BCUT2D eigenvalue weighted by Gasteiger charge is 2.42. The summed E-state index contributed by atoms with van der Waals surface area (Å²) in [6.45, 7) is 0. The molecule has 1 aliphatic rings. The van der Waals surface area contributed by atoms with E-state index in [1.54, 1.807) is 0 Å². The molecule has 0 saturated heterocycles. The molecule has 0 unspecified atom stereocenters. The van der Waals surface area contributed by atoms with Gasteiger partial charge in [-0.1, -0.05) is 30.3 Å². The highest BCUT2D eigenvalue weighted by molar-refractivity contribution is 5.65. The Hall–Kier alpha value is -1.81. The Labute approximate surface area is 121 Å². The minimum atomic E-state index is -4.29. The summed E-state index contributed by atoms with van der Waals surface area (Å²) in [7, 11) is 1.94. The quantitative estimate of drug-likeness (QED) is 0.872. The van der Waals surface area contributed by atoms with E-state index in [0.29, 0.717) is 0 Å². The van der Waals surface area contributed by atoms with Crippen molar-refractivity contribution in [2.45, 2.75) is 24.6 Å². The molecule has 0 heterocycles. The maximum absolute atomic E-state index is 12.6. The molecule has 21 heavy (non-hydrogen) atoms. The van der Waals surface area contributed by atoms with E-state index < -0.39 is 11.7 Å². The van der Waals surface area contributed by atoms with Gasteiger partial charge in [-0.05, 0) is 54.8 Å². The van der Waals surface area contributed by atoms with Crippen LogP contribution in [0, 0.1) is 0 Å². The van der Waals surface area contributed by atoms with Crippen molar-refractivity contribution in [1.82, 2.24) is 5.32 Å². The molecule has 2 aromatic carbocycles. The Morgan fingerprint density at radius 2 is 1.62 bits per heavy atom. The van der Waals surface area contributed by atoms with Crippen LogP contribution in [0.1, 0.15) is 24.0 Å². The zero-order valence-corrected chi connectivity index (χ0v) is 11.7. The van der Waals surface area contributed by atoms with E-state index in [-0.39, 0.29) is 5.54 Å². The number of halogens is 3. The topological polar surface area (TPSA) is 12.0 Å². The molecule has 0 spiro atoms. The number of rotatable bonds is 3. The van der Waals surface area contributed by atoms with Crippen LogP contribution < -0.4 is 5.32 Å². The summed E-state index contributed by atoms with van der Waals surface area (Å²) in [5.41, 5.74) is 2.39. The van der Waals surface area contributed by atoms with Crippen molar-refractivity contribution >= 4 is 0 Å². The third kappa shape index (κ3) is 2.68. The zero-order valence-electron chi connectivity index (χ0n) is 11.7. The van der Waals surface area contributed by atoms with Crippen LogP contribution in [0.2, 0.25) is 0 Å². The fourth-order valence-corrected chi connectivity index (χ4v) is 2.66. The lowest BCUT2D eigenvalue weighted by Crippen LogP contribution is -2.24. The molecule has 2 aromatic rings. The van der Waals surface area contributed by atoms with E-state index in [9.17, 15) is 13.2 Å². The summed E-state index contributed by atoms with van der Waals surface area (Å²) in [4.78, 5) is 0. The third-order valence-electron chi connectivity index (χ3n) is 4.19. The molecule has 1 nitrogen and oxygen atoms in total. The molecular weight excluding hydrogens is 275 g/mol. The molecular formula is C17H16F3N. The maximum atomic E-state index is 12.6. The molecule has 0 radical (unpaired) electrons. The average Bonchev–Trinajstić information content (AvgIpc) is 3.28. The summed E-state index contributed by atoms with van der Waals surface area (Å²) in [5, 5.41) is 3.33. The van der Waals surface area contributed by atoms with Gasteiger partial charge in [-0.2, -0.15) is 13.2 Å². The molecule has 1 fully saturated rings. The second kappa shape index (κ2) is 4.88. The molecule has 0 amide bonds. The van der Waals surface area contributed by atoms with Crippen LogP contribution in [0.3, 0.4) is 0 Å². The minimum Gasteiger partial charge on any atom is -0.310 e. The molecule has 3 rings (SSSR count). The predicted octanol–water partition coefficient (Wildman–Crippen LogP) is 4.58. The Morgan fingerprint density at radius 3 is 2.14 bits per heavy atom. The molecule has 0 aliphatic heterocycles. The number of hydrogen-bond donors (Lipinski definition) is 1. The fraction of sp³-hybridized carbons (Fsp3) is 0.294. The first kappa shape index (κ1) is 14.1. The highest BCUT2D eigenvalue weighted by atomic mass is 19.4. The van der Waals surface area contributed by atoms with Gasteiger partial charge < -0.3 is 5.32 Å². The Balaban J connectivity index is 1.92. The second-order valence-electron chi connectivity index (χ2n) is 5.49. The number of alkyl halides is 3. The second-order valence-corrected chi connectivity index (χ2v) is 5.49. The Kier molecular flexibility index (Phi) is 3.29. The van der Waals surface area contributed by atoms with Gasteiger partial charge in [0.1, 0.15) is 0 Å². The van der Waals surface area contributed by atoms with Crippen molar-refractivity contribution in [3.8, 4) is 11.1 Å². The SMILES string of the molecule is CNC1(c2cccc(-c3ccc(C(F)(F)F)cc3)c2)CC1. The van der Waals surface area contributed by atoms with Gasteiger partial charge in [0.05, 0.1) is 5.56 Å². The maximum Gasteiger partial charge on any atom is 0.416 e. The van der Waals surface area contributed by atoms with Crippen LogP contribution in [0.5, 0.6) is 0 Å². The average molecular weight is 291 g/mol. The normalized spacial score (nSPS) is 16.8. The van der Waals surface area contributed by atoms with Gasteiger partial charge in [0.2, 0.25) is 0 Å². The van der Waals surface area contributed by atoms with Gasteiger partial charge in [-0.25, -0.2) is 0 Å². The predicted molar refractivity (Wildman–Crippen MR) is 76.9 cm³/mol. The van der Waals surface area contributed by atoms with Crippen LogP contribution in [-0.2, 0) is 11.7 Å². The number of nitrogens with one attached hydrogen (secondary N) is 1. The first-order chi connectivity index (χ1) is 9.94. The zero-order chi connectivity index (χ0) is 15.1. The number of hydrogen-bond acceptors (Lipinski definition) is 1. The molecule has 110 valence electrons.